The van der Waals surface area contributed by atoms with E-state index in [0.29, 0.717) is 6.54 Å². The number of halogens is 2. The van der Waals surface area contributed by atoms with E-state index < -0.39 is 0 Å². The fraction of sp³-hybridized carbons (Fsp3) is 0.455. The quantitative estimate of drug-likeness (QED) is 0.886. The normalized spacial score (nSPS) is 18.2. The summed E-state index contributed by atoms with van der Waals surface area (Å²) >= 11 is 3.47. The Labute approximate surface area is 91.6 Å². The van der Waals surface area contributed by atoms with Crippen molar-refractivity contribution in [1.82, 2.24) is 0 Å². The molecule has 0 heterocycles. The van der Waals surface area contributed by atoms with Gasteiger partial charge in [0, 0.05) is 4.47 Å². The van der Waals surface area contributed by atoms with Crippen molar-refractivity contribution in [2.24, 2.45) is 5.73 Å². The van der Waals surface area contributed by atoms with Crippen LogP contribution in [0.5, 0.6) is 0 Å². The van der Waals surface area contributed by atoms with Gasteiger partial charge >= 0.3 is 0 Å². The molecule has 0 bridgehead atoms. The van der Waals surface area contributed by atoms with Crippen LogP contribution in [0, 0.1) is 5.82 Å². The van der Waals surface area contributed by atoms with Crippen molar-refractivity contribution in [2.45, 2.75) is 24.7 Å². The van der Waals surface area contributed by atoms with E-state index in [1.807, 2.05) is 0 Å². The zero-order chi connectivity index (χ0) is 10.2. The summed E-state index contributed by atoms with van der Waals surface area (Å²) in [4.78, 5) is 0. The number of nitrogens with two attached hydrogens (primary N) is 1. The summed E-state index contributed by atoms with van der Waals surface area (Å²) in [5.74, 6) is -0.161. The van der Waals surface area contributed by atoms with E-state index in [2.05, 4.69) is 15.9 Å². The lowest BCUT2D eigenvalue weighted by molar-refractivity contribution is 0.597. The van der Waals surface area contributed by atoms with Crippen LogP contribution in [0.4, 0.5) is 4.39 Å². The first-order chi connectivity index (χ1) is 6.68. The van der Waals surface area contributed by atoms with Gasteiger partial charge < -0.3 is 5.73 Å². The zero-order valence-electron chi connectivity index (χ0n) is 7.89. The van der Waals surface area contributed by atoms with Crippen molar-refractivity contribution in [1.29, 1.82) is 0 Å². The van der Waals surface area contributed by atoms with E-state index in [1.165, 1.54) is 6.07 Å². The standard InChI is InChI=1S/C11H13BrFN/c12-10-2-1-8(13)7-9(10)11(3-4-11)5-6-14/h1-2,7H,3-6,14H2. The first kappa shape index (κ1) is 10.1. The van der Waals surface area contributed by atoms with Gasteiger partial charge in [0.05, 0.1) is 0 Å². The van der Waals surface area contributed by atoms with Crippen LogP contribution in [0.3, 0.4) is 0 Å². The second-order valence-corrected chi connectivity index (χ2v) is 4.80. The van der Waals surface area contributed by atoms with Gasteiger partial charge in [0.1, 0.15) is 5.82 Å². The van der Waals surface area contributed by atoms with Crippen LogP contribution >= 0.6 is 15.9 Å². The van der Waals surface area contributed by atoms with Crippen molar-refractivity contribution in [2.75, 3.05) is 6.54 Å². The summed E-state index contributed by atoms with van der Waals surface area (Å²) < 4.78 is 14.1. The van der Waals surface area contributed by atoms with Crippen molar-refractivity contribution in [3.8, 4) is 0 Å². The molecule has 0 radical (unpaired) electrons. The molecule has 3 heteroatoms. The highest BCUT2D eigenvalue weighted by atomic mass is 79.9. The van der Waals surface area contributed by atoms with Crippen LogP contribution in [0.1, 0.15) is 24.8 Å². The third-order valence-corrected chi connectivity index (χ3v) is 3.67. The molecule has 2 N–H and O–H groups in total. The van der Waals surface area contributed by atoms with Crippen molar-refractivity contribution >= 4 is 15.9 Å². The average Bonchev–Trinajstić information content (AvgIpc) is 2.91. The summed E-state index contributed by atoms with van der Waals surface area (Å²) in [6.07, 6.45) is 3.22. The van der Waals surface area contributed by atoms with Crippen LogP contribution in [0.25, 0.3) is 0 Å². The maximum Gasteiger partial charge on any atom is 0.123 e. The molecule has 0 unspecified atom stereocenters. The minimum absolute atomic E-state index is 0.161. The van der Waals surface area contributed by atoms with Gasteiger partial charge in [-0.3, -0.25) is 0 Å². The Morgan fingerprint density at radius 3 is 2.71 bits per heavy atom. The Morgan fingerprint density at radius 2 is 2.14 bits per heavy atom. The first-order valence-electron chi connectivity index (χ1n) is 4.83. The van der Waals surface area contributed by atoms with Gasteiger partial charge in [-0.1, -0.05) is 15.9 Å². The lowest BCUT2D eigenvalue weighted by Gasteiger charge is -2.16. The molecule has 1 aromatic rings. The van der Waals surface area contributed by atoms with Crippen LogP contribution < -0.4 is 5.73 Å². The van der Waals surface area contributed by atoms with Gasteiger partial charge in [-0.15, -0.1) is 0 Å². The van der Waals surface area contributed by atoms with Crippen molar-refractivity contribution in [3.05, 3.63) is 34.1 Å². The summed E-state index contributed by atoms with van der Waals surface area (Å²) in [7, 11) is 0. The van der Waals surface area contributed by atoms with Gasteiger partial charge in [-0.2, -0.15) is 0 Å². The molecule has 14 heavy (non-hydrogen) atoms. The number of rotatable bonds is 3. The largest absolute Gasteiger partial charge is 0.330 e. The second kappa shape index (κ2) is 3.63. The Kier molecular flexibility index (Phi) is 2.62. The molecule has 0 aliphatic heterocycles. The van der Waals surface area contributed by atoms with Crippen LogP contribution in [0.15, 0.2) is 22.7 Å². The predicted molar refractivity (Wildman–Crippen MR) is 58.7 cm³/mol. The Morgan fingerprint density at radius 1 is 1.43 bits per heavy atom. The van der Waals surface area contributed by atoms with E-state index in [-0.39, 0.29) is 11.2 Å². The predicted octanol–water partition coefficient (Wildman–Crippen LogP) is 2.97. The minimum atomic E-state index is -0.161. The molecule has 2 rings (SSSR count). The molecule has 1 saturated carbocycles. The monoisotopic (exact) mass is 257 g/mol. The number of hydrogen-bond acceptors (Lipinski definition) is 1. The van der Waals surface area contributed by atoms with Gasteiger partial charge in [-0.05, 0) is 55.0 Å². The summed E-state index contributed by atoms with van der Waals surface area (Å²) in [5.41, 5.74) is 6.82. The second-order valence-electron chi connectivity index (χ2n) is 3.94. The van der Waals surface area contributed by atoms with E-state index in [4.69, 9.17) is 5.73 Å². The van der Waals surface area contributed by atoms with E-state index in [1.54, 1.807) is 12.1 Å². The maximum atomic E-state index is 13.1. The zero-order valence-corrected chi connectivity index (χ0v) is 9.48. The molecule has 1 aromatic carbocycles. The molecule has 0 atom stereocenters. The Bertz CT molecular complexity index is 347. The SMILES string of the molecule is NCCC1(c2cc(F)ccc2Br)CC1. The maximum absolute atomic E-state index is 13.1. The Balaban J connectivity index is 2.35. The molecule has 1 fully saturated rings. The lowest BCUT2D eigenvalue weighted by atomic mass is 9.92. The van der Waals surface area contributed by atoms with Crippen LogP contribution in [-0.2, 0) is 5.41 Å². The highest BCUT2D eigenvalue weighted by Gasteiger charge is 2.44. The van der Waals surface area contributed by atoms with Gasteiger partial charge in [0.15, 0.2) is 0 Å². The summed E-state index contributed by atoms with van der Waals surface area (Å²) in [6, 6.07) is 4.89. The topological polar surface area (TPSA) is 26.0 Å². The summed E-state index contributed by atoms with van der Waals surface area (Å²) in [6.45, 7) is 0.670. The molecule has 1 aliphatic rings. The minimum Gasteiger partial charge on any atom is -0.330 e. The summed E-state index contributed by atoms with van der Waals surface area (Å²) in [5, 5.41) is 0. The van der Waals surface area contributed by atoms with Gasteiger partial charge in [0.2, 0.25) is 0 Å². The fourth-order valence-electron chi connectivity index (χ4n) is 1.99. The van der Waals surface area contributed by atoms with Crippen molar-refractivity contribution < 1.29 is 4.39 Å². The lowest BCUT2D eigenvalue weighted by Crippen LogP contribution is -2.14. The smallest absolute Gasteiger partial charge is 0.123 e. The van der Waals surface area contributed by atoms with Crippen LogP contribution in [0.2, 0.25) is 0 Å². The van der Waals surface area contributed by atoms with E-state index in [0.717, 1.165) is 29.3 Å². The molecule has 1 nitrogen and oxygen atoms in total. The molecule has 0 saturated heterocycles. The van der Waals surface area contributed by atoms with E-state index in [9.17, 15) is 4.39 Å². The third-order valence-electron chi connectivity index (χ3n) is 2.98. The van der Waals surface area contributed by atoms with Gasteiger partial charge in [-0.25, -0.2) is 4.39 Å². The molecule has 0 spiro atoms. The molecule has 76 valence electrons. The average molecular weight is 258 g/mol. The number of benzene rings is 1. The molecule has 0 aromatic heterocycles. The van der Waals surface area contributed by atoms with E-state index >= 15 is 0 Å². The molecular formula is C11H13BrFN. The highest BCUT2D eigenvalue weighted by Crippen LogP contribution is 2.52. The van der Waals surface area contributed by atoms with Gasteiger partial charge in [0.25, 0.3) is 0 Å². The van der Waals surface area contributed by atoms with Crippen LogP contribution in [-0.4, -0.2) is 6.54 Å². The fourth-order valence-corrected chi connectivity index (χ4v) is 2.65. The number of hydrogen-bond donors (Lipinski definition) is 1. The Hall–Kier alpha value is -0.410. The molecule has 0 amide bonds. The molecular weight excluding hydrogens is 245 g/mol. The molecule has 1 aliphatic carbocycles. The van der Waals surface area contributed by atoms with Crippen molar-refractivity contribution in [3.63, 3.8) is 0 Å². The first-order valence-corrected chi connectivity index (χ1v) is 5.63. The third kappa shape index (κ3) is 1.71. The highest BCUT2D eigenvalue weighted by molar-refractivity contribution is 9.10.